The fourth-order valence-electron chi connectivity index (χ4n) is 2.07. The van der Waals surface area contributed by atoms with E-state index in [1.807, 2.05) is 28.9 Å². The van der Waals surface area contributed by atoms with Crippen LogP contribution in [-0.4, -0.2) is 19.9 Å². The minimum Gasteiger partial charge on any atom is -0.390 e. The number of aliphatic hydroxyl groups is 1. The van der Waals surface area contributed by atoms with Gasteiger partial charge in [0, 0.05) is 11.6 Å². The Morgan fingerprint density at radius 1 is 1.11 bits per heavy atom. The zero-order valence-electron chi connectivity index (χ0n) is 9.82. The molecular formula is C14H13N3O. The van der Waals surface area contributed by atoms with Crippen LogP contribution in [0.3, 0.4) is 0 Å². The second-order valence-electron chi connectivity index (χ2n) is 4.14. The molecule has 4 nitrogen and oxygen atoms in total. The predicted octanol–water partition coefficient (Wildman–Crippen LogP) is 1.97. The number of fused-ring (bicyclic) bond motifs is 1. The summed E-state index contributed by atoms with van der Waals surface area (Å²) in [7, 11) is 0. The molecule has 0 amide bonds. The lowest BCUT2D eigenvalue weighted by molar-refractivity contribution is 0.278. The van der Waals surface area contributed by atoms with Gasteiger partial charge in [0.15, 0.2) is 0 Å². The standard InChI is InChI=1S/C14H13N3O/c18-10-13-12-8-16-17(14(12)6-7-15-13)9-11-4-2-1-3-5-11/h1-8,18H,9-10H2. The maximum absolute atomic E-state index is 9.24. The Kier molecular flexibility index (Phi) is 2.78. The van der Waals surface area contributed by atoms with E-state index in [2.05, 4.69) is 22.2 Å². The van der Waals surface area contributed by atoms with Crippen LogP contribution in [0.25, 0.3) is 10.9 Å². The van der Waals surface area contributed by atoms with Crippen molar-refractivity contribution in [1.29, 1.82) is 0 Å². The molecule has 0 saturated heterocycles. The summed E-state index contributed by atoms with van der Waals surface area (Å²) < 4.78 is 1.92. The van der Waals surface area contributed by atoms with Crippen LogP contribution in [0.5, 0.6) is 0 Å². The van der Waals surface area contributed by atoms with Gasteiger partial charge in [0.1, 0.15) is 0 Å². The summed E-state index contributed by atoms with van der Waals surface area (Å²) in [4.78, 5) is 4.14. The molecule has 0 fully saturated rings. The number of benzene rings is 1. The summed E-state index contributed by atoms with van der Waals surface area (Å²) in [6.45, 7) is 0.660. The number of pyridine rings is 1. The fourth-order valence-corrected chi connectivity index (χ4v) is 2.07. The predicted molar refractivity (Wildman–Crippen MR) is 69.0 cm³/mol. The lowest BCUT2D eigenvalue weighted by Gasteiger charge is -2.04. The summed E-state index contributed by atoms with van der Waals surface area (Å²) in [6, 6.07) is 12.1. The van der Waals surface area contributed by atoms with Gasteiger partial charge in [-0.15, -0.1) is 0 Å². The first kappa shape index (κ1) is 10.9. The van der Waals surface area contributed by atoms with Crippen molar-refractivity contribution in [1.82, 2.24) is 14.8 Å². The van der Waals surface area contributed by atoms with Gasteiger partial charge in [-0.3, -0.25) is 9.67 Å². The van der Waals surface area contributed by atoms with Crippen LogP contribution in [0.15, 0.2) is 48.8 Å². The van der Waals surface area contributed by atoms with Gasteiger partial charge in [-0.1, -0.05) is 30.3 Å². The number of aromatic nitrogens is 3. The number of aliphatic hydroxyl groups excluding tert-OH is 1. The number of rotatable bonds is 3. The maximum atomic E-state index is 9.24. The molecule has 2 heterocycles. The molecule has 0 bridgehead atoms. The molecule has 0 aliphatic carbocycles. The molecule has 0 aliphatic rings. The number of hydrogen-bond donors (Lipinski definition) is 1. The average Bonchev–Trinajstić information content (AvgIpc) is 2.83. The third-order valence-electron chi connectivity index (χ3n) is 2.98. The van der Waals surface area contributed by atoms with E-state index in [1.54, 1.807) is 12.4 Å². The smallest absolute Gasteiger partial charge is 0.0860 e. The monoisotopic (exact) mass is 239 g/mol. The van der Waals surface area contributed by atoms with Crippen molar-refractivity contribution in [2.24, 2.45) is 0 Å². The Hall–Kier alpha value is -2.20. The number of nitrogens with zero attached hydrogens (tertiary/aromatic N) is 3. The van der Waals surface area contributed by atoms with Crippen molar-refractivity contribution in [2.75, 3.05) is 0 Å². The van der Waals surface area contributed by atoms with E-state index in [9.17, 15) is 5.11 Å². The van der Waals surface area contributed by atoms with Crippen molar-refractivity contribution in [3.63, 3.8) is 0 Å². The molecule has 3 aromatic rings. The first-order valence-corrected chi connectivity index (χ1v) is 5.82. The third-order valence-corrected chi connectivity index (χ3v) is 2.98. The molecule has 0 unspecified atom stereocenters. The van der Waals surface area contributed by atoms with Crippen molar-refractivity contribution >= 4 is 10.9 Å². The van der Waals surface area contributed by atoms with Crippen LogP contribution in [0.2, 0.25) is 0 Å². The lowest BCUT2D eigenvalue weighted by atomic mass is 10.2. The highest BCUT2D eigenvalue weighted by atomic mass is 16.3. The quantitative estimate of drug-likeness (QED) is 0.760. The molecule has 1 N–H and O–H groups in total. The van der Waals surface area contributed by atoms with Gasteiger partial charge in [-0.2, -0.15) is 5.10 Å². The third kappa shape index (κ3) is 1.87. The van der Waals surface area contributed by atoms with Crippen molar-refractivity contribution in [2.45, 2.75) is 13.2 Å². The zero-order chi connectivity index (χ0) is 12.4. The molecule has 18 heavy (non-hydrogen) atoms. The Balaban J connectivity index is 2.03. The molecule has 0 atom stereocenters. The van der Waals surface area contributed by atoms with Crippen molar-refractivity contribution < 1.29 is 5.11 Å². The molecule has 0 radical (unpaired) electrons. The molecule has 0 spiro atoms. The molecule has 3 rings (SSSR count). The summed E-state index contributed by atoms with van der Waals surface area (Å²) in [5.74, 6) is 0. The summed E-state index contributed by atoms with van der Waals surface area (Å²) >= 11 is 0. The summed E-state index contributed by atoms with van der Waals surface area (Å²) in [5, 5.41) is 14.5. The number of hydrogen-bond acceptors (Lipinski definition) is 3. The molecular weight excluding hydrogens is 226 g/mol. The van der Waals surface area contributed by atoms with E-state index in [-0.39, 0.29) is 6.61 Å². The summed E-state index contributed by atoms with van der Waals surface area (Å²) in [5.41, 5.74) is 2.87. The van der Waals surface area contributed by atoms with E-state index in [1.165, 1.54) is 5.56 Å². The highest BCUT2D eigenvalue weighted by Gasteiger charge is 2.07. The molecule has 2 aromatic heterocycles. The van der Waals surface area contributed by atoms with E-state index < -0.39 is 0 Å². The second-order valence-corrected chi connectivity index (χ2v) is 4.14. The Bertz CT molecular complexity index is 661. The van der Waals surface area contributed by atoms with Gasteiger partial charge >= 0.3 is 0 Å². The highest BCUT2D eigenvalue weighted by molar-refractivity contribution is 5.80. The summed E-state index contributed by atoms with van der Waals surface area (Å²) in [6.07, 6.45) is 3.47. The Labute approximate surface area is 105 Å². The molecule has 1 aromatic carbocycles. The Morgan fingerprint density at radius 3 is 2.72 bits per heavy atom. The molecule has 0 aliphatic heterocycles. The second kappa shape index (κ2) is 4.58. The van der Waals surface area contributed by atoms with Crippen molar-refractivity contribution in [3.8, 4) is 0 Å². The van der Waals surface area contributed by atoms with Crippen LogP contribution in [0.4, 0.5) is 0 Å². The van der Waals surface area contributed by atoms with Gasteiger partial charge in [-0.05, 0) is 11.6 Å². The SMILES string of the molecule is OCc1nccc2c1cnn2Cc1ccccc1. The largest absolute Gasteiger partial charge is 0.390 e. The Morgan fingerprint density at radius 2 is 1.94 bits per heavy atom. The van der Waals surface area contributed by atoms with Gasteiger partial charge in [0.2, 0.25) is 0 Å². The first-order valence-electron chi connectivity index (χ1n) is 5.82. The highest BCUT2D eigenvalue weighted by Crippen LogP contribution is 2.17. The average molecular weight is 239 g/mol. The lowest BCUT2D eigenvalue weighted by Crippen LogP contribution is -2.01. The van der Waals surface area contributed by atoms with Crippen LogP contribution in [0, 0.1) is 0 Å². The van der Waals surface area contributed by atoms with E-state index in [0.29, 0.717) is 5.69 Å². The van der Waals surface area contributed by atoms with Gasteiger partial charge in [-0.25, -0.2) is 0 Å². The van der Waals surface area contributed by atoms with Crippen LogP contribution in [-0.2, 0) is 13.2 Å². The van der Waals surface area contributed by atoms with E-state index in [4.69, 9.17) is 0 Å². The topological polar surface area (TPSA) is 50.9 Å². The van der Waals surface area contributed by atoms with Gasteiger partial charge < -0.3 is 5.11 Å². The van der Waals surface area contributed by atoms with Crippen molar-refractivity contribution in [3.05, 3.63) is 60.0 Å². The van der Waals surface area contributed by atoms with Crippen LogP contribution >= 0.6 is 0 Å². The zero-order valence-corrected chi connectivity index (χ0v) is 9.82. The minimum absolute atomic E-state index is 0.0611. The molecule has 90 valence electrons. The maximum Gasteiger partial charge on any atom is 0.0860 e. The van der Waals surface area contributed by atoms with Gasteiger partial charge in [0.05, 0.1) is 30.6 Å². The molecule has 0 saturated carbocycles. The normalized spacial score (nSPS) is 10.9. The van der Waals surface area contributed by atoms with Crippen LogP contribution in [0.1, 0.15) is 11.3 Å². The fraction of sp³-hybridized carbons (Fsp3) is 0.143. The van der Waals surface area contributed by atoms with Gasteiger partial charge in [0.25, 0.3) is 0 Å². The van der Waals surface area contributed by atoms with Crippen LogP contribution < -0.4 is 0 Å². The van der Waals surface area contributed by atoms with E-state index >= 15 is 0 Å². The minimum atomic E-state index is -0.0611. The first-order chi connectivity index (χ1) is 8.88. The molecule has 4 heteroatoms. The van der Waals surface area contributed by atoms with E-state index in [0.717, 1.165) is 17.4 Å².